The van der Waals surface area contributed by atoms with Gasteiger partial charge in [-0.2, -0.15) is 0 Å². The molecule has 0 aliphatic carbocycles. The molecule has 1 aliphatic heterocycles. The standard InChI is InChI=1S/C42H73N11O14/c1-7-22(4)33(52-39(63)30-12-10-18-53(30)41(65)28(19-21(2)3)50-34(58)23(5)44)40(64)46-24(6)35(59)47-26(13-15-31(45)55)37(61)48-25(11-8-9-17-43)36(60)51-29(20-54)38(62)49-27(42(66)67)14-16-32(56)57/h21-30,33,54H,7-20,43-44H2,1-6H3,(H2,45,55)(H,46,64)(H,47,59)(H,48,61)(H,49,62)(H,50,58)(H,51,60)(H,52,63)(H,56,57)(H,66,67)/t22-,23-,24-,25-,26-,27-,28-,29-,30-,33-/m0/s1. The van der Waals surface area contributed by atoms with E-state index >= 15 is 0 Å². The van der Waals surface area contributed by atoms with Crippen LogP contribution in [-0.4, -0.2) is 159 Å². The monoisotopic (exact) mass is 956 g/mol. The number of carboxylic acid groups (broad SMARTS) is 2. The molecule has 16 N–H and O–H groups in total. The minimum Gasteiger partial charge on any atom is -0.481 e. The van der Waals surface area contributed by atoms with E-state index in [4.69, 9.17) is 22.3 Å². The highest BCUT2D eigenvalue weighted by molar-refractivity contribution is 5.98. The van der Waals surface area contributed by atoms with Crippen LogP contribution in [-0.2, 0) is 52.7 Å². The molecule has 0 radical (unpaired) electrons. The van der Waals surface area contributed by atoms with Gasteiger partial charge in [-0.25, -0.2) is 4.79 Å². The summed E-state index contributed by atoms with van der Waals surface area (Å²) in [6.07, 6.45) is 0.130. The van der Waals surface area contributed by atoms with Gasteiger partial charge in [0.1, 0.15) is 48.3 Å². The summed E-state index contributed by atoms with van der Waals surface area (Å²) < 4.78 is 0. The molecule has 0 spiro atoms. The zero-order valence-corrected chi connectivity index (χ0v) is 39.3. The van der Waals surface area contributed by atoms with Crippen molar-refractivity contribution in [3.05, 3.63) is 0 Å². The van der Waals surface area contributed by atoms with Crippen molar-refractivity contribution in [1.29, 1.82) is 0 Å². The molecule has 10 atom stereocenters. The molecule has 25 heteroatoms. The van der Waals surface area contributed by atoms with Crippen LogP contribution in [0.15, 0.2) is 0 Å². The number of unbranched alkanes of at least 4 members (excludes halogenated alkanes) is 1. The number of carboxylic acids is 2. The third-order valence-electron chi connectivity index (χ3n) is 11.1. The van der Waals surface area contributed by atoms with E-state index in [1.54, 1.807) is 13.8 Å². The van der Waals surface area contributed by atoms with Crippen molar-refractivity contribution in [3.8, 4) is 0 Å². The Hall–Kier alpha value is -5.95. The Morgan fingerprint density at radius 3 is 1.72 bits per heavy atom. The van der Waals surface area contributed by atoms with Gasteiger partial charge in [0.15, 0.2) is 0 Å². The summed E-state index contributed by atoms with van der Waals surface area (Å²) in [5.74, 6) is -10.7. The first-order valence-electron chi connectivity index (χ1n) is 22.6. The van der Waals surface area contributed by atoms with Gasteiger partial charge in [0.25, 0.3) is 0 Å². The topological polar surface area (TPSA) is 414 Å². The first-order chi connectivity index (χ1) is 31.4. The van der Waals surface area contributed by atoms with Crippen molar-refractivity contribution >= 4 is 65.1 Å². The lowest BCUT2D eigenvalue weighted by Gasteiger charge is -2.32. The summed E-state index contributed by atoms with van der Waals surface area (Å²) >= 11 is 0. The first-order valence-corrected chi connectivity index (χ1v) is 22.6. The number of aliphatic hydroxyl groups excluding tert-OH is 1. The number of nitrogens with two attached hydrogens (primary N) is 3. The Kier molecular flexibility index (Phi) is 26.1. The summed E-state index contributed by atoms with van der Waals surface area (Å²) in [5.41, 5.74) is 16.7. The Morgan fingerprint density at radius 1 is 0.657 bits per heavy atom. The number of carbonyl (C=O) groups excluding carboxylic acids is 9. The lowest BCUT2D eigenvalue weighted by molar-refractivity contribution is -0.144. The molecule has 1 saturated heterocycles. The van der Waals surface area contributed by atoms with Crippen LogP contribution in [0.5, 0.6) is 0 Å². The number of hydrogen-bond acceptors (Lipinski definition) is 14. The predicted octanol–water partition coefficient (Wildman–Crippen LogP) is -3.83. The molecule has 1 aliphatic rings. The molecule has 0 aromatic heterocycles. The molecular weight excluding hydrogens is 883 g/mol. The second-order valence-corrected chi connectivity index (χ2v) is 17.3. The van der Waals surface area contributed by atoms with Gasteiger partial charge in [-0.15, -0.1) is 0 Å². The highest BCUT2D eigenvalue weighted by Crippen LogP contribution is 2.22. The van der Waals surface area contributed by atoms with E-state index in [1.807, 2.05) is 13.8 Å². The highest BCUT2D eigenvalue weighted by atomic mass is 16.4. The molecule has 25 nitrogen and oxygen atoms in total. The van der Waals surface area contributed by atoms with Crippen LogP contribution in [0.3, 0.4) is 0 Å². The van der Waals surface area contributed by atoms with Crippen molar-refractivity contribution < 1.29 is 68.1 Å². The average Bonchev–Trinajstić information content (AvgIpc) is 3.76. The van der Waals surface area contributed by atoms with Crippen LogP contribution < -0.4 is 54.4 Å². The van der Waals surface area contributed by atoms with E-state index in [2.05, 4.69) is 37.2 Å². The number of nitrogens with one attached hydrogen (secondary N) is 7. The lowest BCUT2D eigenvalue weighted by atomic mass is 9.97. The van der Waals surface area contributed by atoms with Crippen molar-refractivity contribution in [2.75, 3.05) is 19.7 Å². The van der Waals surface area contributed by atoms with Gasteiger partial charge in [0.05, 0.1) is 12.6 Å². The normalized spacial score (nSPS) is 17.5. The lowest BCUT2D eigenvalue weighted by Crippen LogP contribution is -2.60. The van der Waals surface area contributed by atoms with Gasteiger partial charge in [0, 0.05) is 19.4 Å². The van der Waals surface area contributed by atoms with Crippen LogP contribution in [0, 0.1) is 11.8 Å². The Labute approximate surface area is 389 Å². The summed E-state index contributed by atoms with van der Waals surface area (Å²) in [4.78, 5) is 143. The number of rotatable bonds is 31. The molecule has 0 aromatic rings. The maximum atomic E-state index is 13.8. The second kappa shape index (κ2) is 29.6. The molecule has 380 valence electrons. The zero-order valence-electron chi connectivity index (χ0n) is 39.3. The maximum Gasteiger partial charge on any atom is 0.326 e. The van der Waals surface area contributed by atoms with Crippen LogP contribution >= 0.6 is 0 Å². The number of amides is 9. The van der Waals surface area contributed by atoms with E-state index in [0.29, 0.717) is 25.7 Å². The van der Waals surface area contributed by atoms with Gasteiger partial charge in [0.2, 0.25) is 53.2 Å². The van der Waals surface area contributed by atoms with Crippen LogP contribution in [0.2, 0.25) is 0 Å². The van der Waals surface area contributed by atoms with Gasteiger partial charge < -0.3 is 74.6 Å². The van der Waals surface area contributed by atoms with Crippen LogP contribution in [0.25, 0.3) is 0 Å². The fraction of sp³-hybridized carbons (Fsp3) is 0.738. The Morgan fingerprint density at radius 2 is 1.19 bits per heavy atom. The summed E-state index contributed by atoms with van der Waals surface area (Å²) in [6, 6.07) is -11.7. The number of carbonyl (C=O) groups is 11. The number of primary amides is 1. The first kappa shape index (κ1) is 59.1. The molecule has 1 rings (SSSR count). The minimum atomic E-state index is -1.74. The number of likely N-dealkylation sites (tertiary alicyclic amines) is 1. The summed E-state index contributed by atoms with van der Waals surface area (Å²) in [5, 5.41) is 45.4. The smallest absolute Gasteiger partial charge is 0.326 e. The molecule has 0 aromatic carbocycles. The quantitative estimate of drug-likeness (QED) is 0.0296. The Balaban J connectivity index is 3.24. The molecule has 67 heavy (non-hydrogen) atoms. The molecule has 9 amide bonds. The fourth-order valence-electron chi connectivity index (χ4n) is 6.97. The summed E-state index contributed by atoms with van der Waals surface area (Å²) in [6.45, 7) is 9.42. The molecule has 1 fully saturated rings. The SMILES string of the molecule is CC[C@H](C)[C@H](NC(=O)[C@@H]1CCCN1C(=O)[C@H](CC(C)C)NC(=O)[C@H](C)N)C(=O)N[C@@H](C)C(=O)N[C@@H](CCC(N)=O)C(=O)N[C@@H](CCCCN)C(=O)N[C@@H](CO)C(=O)N[C@@H](CCC(=O)O)C(=O)O. The van der Waals surface area contributed by atoms with Gasteiger partial charge in [-0.3, -0.25) is 47.9 Å². The molecular formula is C42H73N11O14. The van der Waals surface area contributed by atoms with Gasteiger partial charge >= 0.3 is 11.9 Å². The predicted molar refractivity (Wildman–Crippen MR) is 239 cm³/mol. The van der Waals surface area contributed by atoms with E-state index in [0.717, 1.165) is 0 Å². The van der Waals surface area contributed by atoms with Gasteiger partial charge in [-0.1, -0.05) is 34.1 Å². The average molecular weight is 956 g/mol. The van der Waals surface area contributed by atoms with Crippen molar-refractivity contribution in [1.82, 2.24) is 42.1 Å². The molecule has 1 heterocycles. The van der Waals surface area contributed by atoms with E-state index in [1.165, 1.54) is 18.7 Å². The van der Waals surface area contributed by atoms with Crippen LogP contribution in [0.1, 0.15) is 112 Å². The van der Waals surface area contributed by atoms with Crippen LogP contribution in [0.4, 0.5) is 0 Å². The number of aliphatic carboxylic acids is 2. The number of aliphatic hydroxyl groups is 1. The second-order valence-electron chi connectivity index (χ2n) is 17.3. The van der Waals surface area contributed by atoms with E-state index in [9.17, 15) is 63.0 Å². The molecule has 0 saturated carbocycles. The van der Waals surface area contributed by atoms with Crippen molar-refractivity contribution in [2.45, 2.75) is 167 Å². The molecule has 0 bridgehead atoms. The number of nitrogens with zero attached hydrogens (tertiary/aromatic N) is 1. The molecule has 0 unspecified atom stereocenters. The highest BCUT2D eigenvalue weighted by Gasteiger charge is 2.40. The third-order valence-corrected chi connectivity index (χ3v) is 11.1. The maximum absolute atomic E-state index is 13.8. The van der Waals surface area contributed by atoms with E-state index < -0.39 is 151 Å². The summed E-state index contributed by atoms with van der Waals surface area (Å²) in [7, 11) is 0. The fourth-order valence-corrected chi connectivity index (χ4v) is 6.97. The Bertz CT molecular complexity index is 1750. The van der Waals surface area contributed by atoms with Crippen molar-refractivity contribution in [2.24, 2.45) is 29.0 Å². The zero-order chi connectivity index (χ0) is 51.1. The number of hydrogen-bond donors (Lipinski definition) is 13. The third kappa shape index (κ3) is 20.6. The van der Waals surface area contributed by atoms with E-state index in [-0.39, 0.29) is 44.7 Å². The minimum absolute atomic E-state index is 0.00769. The largest absolute Gasteiger partial charge is 0.481 e. The van der Waals surface area contributed by atoms with Gasteiger partial charge in [-0.05, 0) is 83.6 Å². The van der Waals surface area contributed by atoms with Crippen molar-refractivity contribution in [3.63, 3.8) is 0 Å².